The third kappa shape index (κ3) is 8.60. The summed E-state index contributed by atoms with van der Waals surface area (Å²) in [5.41, 5.74) is 0.989. The van der Waals surface area contributed by atoms with Gasteiger partial charge >= 0.3 is 0 Å². The lowest BCUT2D eigenvalue weighted by atomic mass is 10.3. The highest BCUT2D eigenvalue weighted by molar-refractivity contribution is 5.50. The Bertz CT molecular complexity index is 212. The van der Waals surface area contributed by atoms with Crippen molar-refractivity contribution in [1.29, 1.82) is 5.41 Å². The Balaban J connectivity index is 3.26. The van der Waals surface area contributed by atoms with E-state index < -0.39 is 0 Å². The lowest BCUT2D eigenvalue weighted by Gasteiger charge is -2.04. The van der Waals surface area contributed by atoms with E-state index in [1.54, 1.807) is 6.08 Å². The molecule has 0 aromatic carbocycles. The van der Waals surface area contributed by atoms with Crippen molar-refractivity contribution in [2.75, 3.05) is 20.1 Å². The maximum Gasteiger partial charge on any atom is 0.0347 e. The Morgan fingerprint density at radius 3 is 3.00 bits per heavy atom. The predicted molar refractivity (Wildman–Crippen MR) is 57.1 cm³/mol. The molecule has 0 spiro atoms. The number of hydrogen-bond donors (Lipinski definition) is 3. The molecule has 0 bridgehead atoms. The summed E-state index contributed by atoms with van der Waals surface area (Å²) in [6.07, 6.45) is 6.35. The average Bonchev–Trinajstić information content (AvgIpc) is 2.16. The number of likely N-dealkylation sites (N-methyl/N-ethyl adjacent to an activating group) is 1. The van der Waals surface area contributed by atoms with E-state index in [2.05, 4.69) is 23.1 Å². The summed E-state index contributed by atoms with van der Waals surface area (Å²) in [7, 11) is 1.86. The topological polar surface area (TPSA) is 47.9 Å². The molecule has 0 aliphatic carbocycles. The number of allylic oxidation sites excluding steroid dienone is 2. The molecule has 0 rings (SSSR count). The number of hydrogen-bond acceptors (Lipinski definition) is 3. The van der Waals surface area contributed by atoms with Crippen LogP contribution >= 0.6 is 0 Å². The Labute approximate surface area is 79.7 Å². The lowest BCUT2D eigenvalue weighted by Crippen LogP contribution is -2.22. The van der Waals surface area contributed by atoms with Crippen molar-refractivity contribution >= 4 is 5.87 Å². The minimum Gasteiger partial charge on any atom is -0.391 e. The third-order valence-corrected chi connectivity index (χ3v) is 1.50. The molecule has 3 heteroatoms. The van der Waals surface area contributed by atoms with Gasteiger partial charge in [0.15, 0.2) is 0 Å². The minimum atomic E-state index is 0.796. The summed E-state index contributed by atoms with van der Waals surface area (Å²) in [6, 6.07) is 0. The van der Waals surface area contributed by atoms with Gasteiger partial charge in [0.05, 0.1) is 0 Å². The average molecular weight is 179 g/mol. The molecule has 13 heavy (non-hydrogen) atoms. The van der Waals surface area contributed by atoms with E-state index in [9.17, 15) is 0 Å². The Morgan fingerprint density at radius 1 is 1.62 bits per heavy atom. The molecule has 72 valence electrons. The van der Waals surface area contributed by atoms with E-state index in [0.29, 0.717) is 0 Å². The normalized spacial score (nSPS) is 9.62. The molecule has 0 aromatic heterocycles. The van der Waals surface area contributed by atoms with Crippen LogP contribution in [0.3, 0.4) is 0 Å². The predicted octanol–water partition coefficient (Wildman–Crippen LogP) is 1.06. The fraction of sp³-hybridized carbons (Fsp3) is 0.400. The zero-order chi connectivity index (χ0) is 9.94. The maximum atomic E-state index is 6.61. The van der Waals surface area contributed by atoms with Crippen LogP contribution in [0.5, 0.6) is 0 Å². The second-order valence-electron chi connectivity index (χ2n) is 2.56. The molecular weight excluding hydrogens is 162 g/mol. The highest BCUT2D eigenvalue weighted by Gasteiger charge is 1.86. The van der Waals surface area contributed by atoms with Crippen molar-refractivity contribution in [3.8, 4) is 0 Å². The van der Waals surface area contributed by atoms with Crippen molar-refractivity contribution in [3.63, 3.8) is 0 Å². The van der Waals surface area contributed by atoms with Crippen molar-refractivity contribution in [2.45, 2.75) is 6.42 Å². The van der Waals surface area contributed by atoms with Gasteiger partial charge in [0.25, 0.3) is 0 Å². The van der Waals surface area contributed by atoms with E-state index in [-0.39, 0.29) is 0 Å². The van der Waals surface area contributed by atoms with Gasteiger partial charge < -0.3 is 10.6 Å². The Kier molecular flexibility index (Phi) is 7.90. The monoisotopic (exact) mass is 179 g/mol. The molecular formula is C10H17N3. The van der Waals surface area contributed by atoms with Crippen LogP contribution in [0.15, 0.2) is 30.5 Å². The summed E-state index contributed by atoms with van der Waals surface area (Å²) in [4.78, 5) is 0. The highest BCUT2D eigenvalue weighted by Crippen LogP contribution is 1.82. The third-order valence-electron chi connectivity index (χ3n) is 1.50. The highest BCUT2D eigenvalue weighted by atomic mass is 14.9. The van der Waals surface area contributed by atoms with Gasteiger partial charge in [0.1, 0.15) is 0 Å². The molecule has 3 N–H and O–H groups in total. The summed E-state index contributed by atoms with van der Waals surface area (Å²) in [5, 5.41) is 12.8. The largest absolute Gasteiger partial charge is 0.391 e. The summed E-state index contributed by atoms with van der Waals surface area (Å²) in [6.45, 7) is 5.50. The Hall–Kier alpha value is -1.31. The maximum absolute atomic E-state index is 6.61. The van der Waals surface area contributed by atoms with Gasteiger partial charge in [-0.2, -0.15) is 0 Å². The molecule has 0 aliphatic rings. The molecule has 0 aliphatic heterocycles. The molecule has 0 unspecified atom stereocenters. The second kappa shape index (κ2) is 8.78. The van der Waals surface area contributed by atoms with Gasteiger partial charge in [0, 0.05) is 19.3 Å². The quantitative estimate of drug-likeness (QED) is 0.311. The second-order valence-corrected chi connectivity index (χ2v) is 2.56. The first-order valence-corrected chi connectivity index (χ1v) is 4.28. The first-order chi connectivity index (χ1) is 6.31. The van der Waals surface area contributed by atoms with Crippen LogP contribution in [-0.4, -0.2) is 26.0 Å². The van der Waals surface area contributed by atoms with Gasteiger partial charge in [-0.25, -0.2) is 0 Å². The standard InChI is InChI=1S/C10H17N3/c1-10(12-2)9-13-8-6-4-3-5-7-11/h3-5,11-13H,1,6,8-9H2,2H3/b4-3+. The first kappa shape index (κ1) is 11.7. The molecule has 0 saturated heterocycles. The van der Waals surface area contributed by atoms with Crippen LogP contribution in [-0.2, 0) is 0 Å². The number of nitrogens with one attached hydrogen (secondary N) is 3. The molecule has 0 amide bonds. The van der Waals surface area contributed by atoms with E-state index in [0.717, 1.165) is 25.2 Å². The molecule has 0 heterocycles. The summed E-state index contributed by atoms with van der Waals surface area (Å²) < 4.78 is 0. The van der Waals surface area contributed by atoms with Crippen LogP contribution < -0.4 is 10.6 Å². The number of rotatable bonds is 7. The molecule has 3 nitrogen and oxygen atoms in total. The van der Waals surface area contributed by atoms with Crippen LogP contribution in [0.25, 0.3) is 0 Å². The molecule has 0 aromatic rings. The van der Waals surface area contributed by atoms with Gasteiger partial charge in [-0.15, -0.1) is 0 Å². The van der Waals surface area contributed by atoms with E-state index in [1.807, 2.05) is 19.2 Å². The van der Waals surface area contributed by atoms with Crippen molar-refractivity contribution in [2.24, 2.45) is 0 Å². The van der Waals surface area contributed by atoms with Crippen LogP contribution in [0, 0.1) is 5.41 Å². The van der Waals surface area contributed by atoms with Crippen molar-refractivity contribution < 1.29 is 0 Å². The van der Waals surface area contributed by atoms with Gasteiger partial charge in [-0.3, -0.25) is 5.41 Å². The SMILES string of the molecule is C=C(CNCC/C=C/C=C=N)NC. The zero-order valence-electron chi connectivity index (χ0n) is 8.06. The van der Waals surface area contributed by atoms with Gasteiger partial charge in [-0.05, 0) is 24.9 Å². The van der Waals surface area contributed by atoms with Gasteiger partial charge in [0.2, 0.25) is 0 Å². The van der Waals surface area contributed by atoms with Crippen molar-refractivity contribution in [3.05, 3.63) is 30.5 Å². The van der Waals surface area contributed by atoms with E-state index in [4.69, 9.17) is 5.41 Å². The zero-order valence-corrected chi connectivity index (χ0v) is 8.06. The fourth-order valence-electron chi connectivity index (χ4n) is 0.725. The lowest BCUT2D eigenvalue weighted by molar-refractivity contribution is 0.713. The van der Waals surface area contributed by atoms with Crippen molar-refractivity contribution in [1.82, 2.24) is 10.6 Å². The smallest absolute Gasteiger partial charge is 0.0347 e. The van der Waals surface area contributed by atoms with Crippen LogP contribution in [0.2, 0.25) is 0 Å². The minimum absolute atomic E-state index is 0.796. The fourth-order valence-corrected chi connectivity index (χ4v) is 0.725. The molecule has 0 atom stereocenters. The molecule has 0 saturated carbocycles. The van der Waals surface area contributed by atoms with Gasteiger partial charge in [-0.1, -0.05) is 18.7 Å². The van der Waals surface area contributed by atoms with Crippen LogP contribution in [0.4, 0.5) is 0 Å². The van der Waals surface area contributed by atoms with E-state index >= 15 is 0 Å². The Morgan fingerprint density at radius 2 is 2.38 bits per heavy atom. The first-order valence-electron chi connectivity index (χ1n) is 4.28. The molecule has 0 radical (unpaired) electrons. The summed E-state index contributed by atoms with van der Waals surface area (Å²) in [5.74, 6) is 2.18. The summed E-state index contributed by atoms with van der Waals surface area (Å²) >= 11 is 0. The van der Waals surface area contributed by atoms with Crippen LogP contribution in [0.1, 0.15) is 6.42 Å². The molecule has 0 fully saturated rings. The van der Waals surface area contributed by atoms with E-state index in [1.165, 1.54) is 0 Å².